The number of carbonyl (C=O) groups excluding carboxylic acids is 1. The average molecular weight is 264 g/mol. The van der Waals surface area contributed by atoms with Crippen molar-refractivity contribution in [3.8, 4) is 5.75 Å². The van der Waals surface area contributed by atoms with Crippen molar-refractivity contribution in [3.63, 3.8) is 0 Å². The molecule has 4 heteroatoms. The molecule has 0 N–H and O–H groups in total. The SMILES string of the molecule is COc1c(C)cc(Br)c(Cl)c1C=O. The first-order valence-electron chi connectivity index (χ1n) is 3.59. The van der Waals surface area contributed by atoms with E-state index in [0.717, 1.165) is 5.56 Å². The number of hydrogen-bond acceptors (Lipinski definition) is 2. The summed E-state index contributed by atoms with van der Waals surface area (Å²) in [5.74, 6) is 0.531. The molecule has 70 valence electrons. The Hall–Kier alpha value is -0.540. The summed E-state index contributed by atoms with van der Waals surface area (Å²) in [6.45, 7) is 1.85. The van der Waals surface area contributed by atoms with E-state index in [1.54, 1.807) is 0 Å². The van der Waals surface area contributed by atoms with Gasteiger partial charge in [0.1, 0.15) is 5.75 Å². The molecule has 0 aliphatic heterocycles. The van der Waals surface area contributed by atoms with Crippen molar-refractivity contribution in [1.82, 2.24) is 0 Å². The lowest BCUT2D eigenvalue weighted by atomic mass is 10.1. The van der Waals surface area contributed by atoms with Crippen molar-refractivity contribution in [3.05, 3.63) is 26.7 Å². The Bertz CT molecular complexity index is 350. The number of carbonyl (C=O) groups is 1. The van der Waals surface area contributed by atoms with Gasteiger partial charge in [-0.2, -0.15) is 0 Å². The van der Waals surface area contributed by atoms with E-state index in [-0.39, 0.29) is 0 Å². The van der Waals surface area contributed by atoms with Crippen molar-refractivity contribution < 1.29 is 9.53 Å². The van der Waals surface area contributed by atoms with E-state index in [1.165, 1.54) is 7.11 Å². The van der Waals surface area contributed by atoms with Crippen molar-refractivity contribution in [2.75, 3.05) is 7.11 Å². The lowest BCUT2D eigenvalue weighted by Gasteiger charge is -2.09. The van der Waals surface area contributed by atoms with Crippen LogP contribution < -0.4 is 4.74 Å². The zero-order valence-corrected chi connectivity index (χ0v) is 9.57. The van der Waals surface area contributed by atoms with Gasteiger partial charge in [-0.25, -0.2) is 0 Å². The summed E-state index contributed by atoms with van der Waals surface area (Å²) in [5, 5.41) is 0.387. The summed E-state index contributed by atoms with van der Waals surface area (Å²) < 4.78 is 5.77. The number of aryl methyl sites for hydroxylation is 1. The molecule has 0 aliphatic rings. The Kier molecular flexibility index (Phi) is 3.33. The number of hydrogen-bond donors (Lipinski definition) is 0. The number of aldehydes is 1. The van der Waals surface area contributed by atoms with E-state index in [4.69, 9.17) is 16.3 Å². The number of methoxy groups -OCH3 is 1. The van der Waals surface area contributed by atoms with Gasteiger partial charge in [0.25, 0.3) is 0 Å². The highest BCUT2D eigenvalue weighted by atomic mass is 79.9. The van der Waals surface area contributed by atoms with Crippen LogP contribution in [-0.4, -0.2) is 13.4 Å². The minimum Gasteiger partial charge on any atom is -0.496 e. The highest BCUT2D eigenvalue weighted by Crippen LogP contribution is 2.34. The van der Waals surface area contributed by atoms with Gasteiger partial charge in [0.05, 0.1) is 17.7 Å². The van der Waals surface area contributed by atoms with Gasteiger partial charge in [0.2, 0.25) is 0 Å². The van der Waals surface area contributed by atoms with Crippen molar-refractivity contribution in [2.24, 2.45) is 0 Å². The fraction of sp³-hybridized carbons (Fsp3) is 0.222. The Labute approximate surface area is 90.0 Å². The molecule has 0 atom stereocenters. The third-order valence-corrected chi connectivity index (χ3v) is 2.98. The van der Waals surface area contributed by atoms with E-state index >= 15 is 0 Å². The molecule has 13 heavy (non-hydrogen) atoms. The predicted molar refractivity (Wildman–Crippen MR) is 55.8 cm³/mol. The zero-order valence-electron chi connectivity index (χ0n) is 7.23. The Morgan fingerprint density at radius 1 is 1.62 bits per heavy atom. The molecule has 0 amide bonds. The monoisotopic (exact) mass is 262 g/mol. The number of benzene rings is 1. The first kappa shape index (κ1) is 10.5. The minimum absolute atomic E-state index is 0.385. The maximum atomic E-state index is 10.7. The van der Waals surface area contributed by atoms with E-state index < -0.39 is 0 Å². The van der Waals surface area contributed by atoms with Crippen molar-refractivity contribution in [1.29, 1.82) is 0 Å². The smallest absolute Gasteiger partial charge is 0.155 e. The van der Waals surface area contributed by atoms with E-state index in [2.05, 4.69) is 15.9 Å². The molecule has 1 aromatic rings. The topological polar surface area (TPSA) is 26.3 Å². The molecule has 0 radical (unpaired) electrons. The number of halogens is 2. The summed E-state index contributed by atoms with van der Waals surface area (Å²) in [5.41, 5.74) is 1.26. The number of ether oxygens (including phenoxy) is 1. The molecule has 0 unspecified atom stereocenters. The molecule has 0 heterocycles. The van der Waals surface area contributed by atoms with Crippen LogP contribution in [-0.2, 0) is 0 Å². The zero-order chi connectivity index (χ0) is 10.0. The first-order chi connectivity index (χ1) is 6.11. The lowest BCUT2D eigenvalue weighted by molar-refractivity contribution is 0.112. The fourth-order valence-corrected chi connectivity index (χ4v) is 1.88. The third-order valence-electron chi connectivity index (χ3n) is 1.71. The normalized spacial score (nSPS) is 9.85. The quantitative estimate of drug-likeness (QED) is 0.766. The van der Waals surface area contributed by atoms with E-state index in [0.29, 0.717) is 27.1 Å². The molecule has 0 aliphatic carbocycles. The summed E-state index contributed by atoms with van der Waals surface area (Å²) in [4.78, 5) is 10.7. The Balaban J connectivity index is 3.50. The van der Waals surface area contributed by atoms with Crippen LogP contribution in [0.25, 0.3) is 0 Å². The van der Waals surface area contributed by atoms with Crippen LogP contribution >= 0.6 is 27.5 Å². The second-order valence-electron chi connectivity index (χ2n) is 2.55. The Morgan fingerprint density at radius 2 is 2.23 bits per heavy atom. The van der Waals surface area contributed by atoms with Crippen LogP contribution in [0.3, 0.4) is 0 Å². The summed E-state index contributed by atoms with van der Waals surface area (Å²) in [6.07, 6.45) is 0.693. The van der Waals surface area contributed by atoms with Crippen LogP contribution in [0.1, 0.15) is 15.9 Å². The van der Waals surface area contributed by atoms with Crippen molar-refractivity contribution >= 4 is 33.8 Å². The van der Waals surface area contributed by atoms with Gasteiger partial charge in [-0.1, -0.05) is 11.6 Å². The van der Waals surface area contributed by atoms with Crippen LogP contribution in [0.15, 0.2) is 10.5 Å². The third kappa shape index (κ3) is 1.86. The van der Waals surface area contributed by atoms with Crippen LogP contribution in [0.4, 0.5) is 0 Å². The second kappa shape index (κ2) is 4.11. The maximum Gasteiger partial charge on any atom is 0.155 e. The molecular weight excluding hydrogens is 255 g/mol. The van der Waals surface area contributed by atoms with E-state index in [9.17, 15) is 4.79 Å². The molecule has 0 aromatic heterocycles. The average Bonchev–Trinajstić information content (AvgIpc) is 2.10. The number of rotatable bonds is 2. The van der Waals surface area contributed by atoms with Gasteiger partial charge in [-0.05, 0) is 34.5 Å². The van der Waals surface area contributed by atoms with Gasteiger partial charge in [0, 0.05) is 4.47 Å². The van der Waals surface area contributed by atoms with Crippen LogP contribution in [0, 0.1) is 6.92 Å². The van der Waals surface area contributed by atoms with Crippen LogP contribution in [0.2, 0.25) is 5.02 Å². The van der Waals surface area contributed by atoms with Gasteiger partial charge >= 0.3 is 0 Å². The molecule has 0 fully saturated rings. The van der Waals surface area contributed by atoms with Gasteiger partial charge < -0.3 is 4.74 Å². The van der Waals surface area contributed by atoms with Gasteiger partial charge in [-0.15, -0.1) is 0 Å². The highest BCUT2D eigenvalue weighted by molar-refractivity contribution is 9.10. The first-order valence-corrected chi connectivity index (χ1v) is 4.76. The maximum absolute atomic E-state index is 10.7. The van der Waals surface area contributed by atoms with Crippen molar-refractivity contribution in [2.45, 2.75) is 6.92 Å². The van der Waals surface area contributed by atoms with Gasteiger partial charge in [0.15, 0.2) is 6.29 Å². The minimum atomic E-state index is 0.385. The Morgan fingerprint density at radius 3 is 2.69 bits per heavy atom. The summed E-state index contributed by atoms with van der Waals surface area (Å²) >= 11 is 9.15. The summed E-state index contributed by atoms with van der Waals surface area (Å²) in [6, 6.07) is 1.81. The molecule has 0 bridgehead atoms. The molecule has 1 rings (SSSR count). The standard InChI is InChI=1S/C9H8BrClO2/c1-5-3-7(10)8(11)6(4-12)9(5)13-2/h3-4H,1-2H3. The lowest BCUT2D eigenvalue weighted by Crippen LogP contribution is -1.95. The molecule has 0 saturated heterocycles. The molecular formula is C9H8BrClO2. The van der Waals surface area contributed by atoms with Crippen LogP contribution in [0.5, 0.6) is 5.75 Å². The van der Waals surface area contributed by atoms with E-state index in [1.807, 2.05) is 13.0 Å². The van der Waals surface area contributed by atoms with Gasteiger partial charge in [-0.3, -0.25) is 4.79 Å². The molecule has 0 saturated carbocycles. The molecule has 1 aromatic carbocycles. The fourth-order valence-electron chi connectivity index (χ4n) is 1.14. The molecule has 0 spiro atoms. The predicted octanol–water partition coefficient (Wildman–Crippen LogP) is 3.23. The largest absolute Gasteiger partial charge is 0.496 e. The summed E-state index contributed by atoms with van der Waals surface area (Å²) in [7, 11) is 1.51. The highest BCUT2D eigenvalue weighted by Gasteiger charge is 2.13. The molecule has 2 nitrogen and oxygen atoms in total. The second-order valence-corrected chi connectivity index (χ2v) is 3.79.